The summed E-state index contributed by atoms with van der Waals surface area (Å²) in [6, 6.07) is 26.4. The summed E-state index contributed by atoms with van der Waals surface area (Å²) >= 11 is 0. The number of hydrogen-bond acceptors (Lipinski definition) is 2. The monoisotopic (exact) mass is 339 g/mol. The Morgan fingerprint density at radius 2 is 1.46 bits per heavy atom. The second kappa shape index (κ2) is 6.51. The van der Waals surface area contributed by atoms with Crippen LogP contribution in [0.2, 0.25) is 0 Å². The highest BCUT2D eigenvalue weighted by Gasteiger charge is 2.48. The van der Waals surface area contributed by atoms with Gasteiger partial charge in [0.2, 0.25) is 5.60 Å². The maximum Gasteiger partial charge on any atom is 0.276 e. The van der Waals surface area contributed by atoms with Gasteiger partial charge in [0.1, 0.15) is 0 Å². The molecule has 0 radical (unpaired) electrons. The van der Waals surface area contributed by atoms with E-state index in [9.17, 15) is 9.90 Å². The number of aliphatic hydroxyl groups is 1. The van der Waals surface area contributed by atoms with Crippen molar-refractivity contribution in [3.63, 3.8) is 0 Å². The third-order valence-electron chi connectivity index (χ3n) is 4.48. The van der Waals surface area contributed by atoms with Crippen molar-refractivity contribution in [3.8, 4) is 11.8 Å². The van der Waals surface area contributed by atoms with Crippen LogP contribution >= 0.6 is 0 Å². The lowest BCUT2D eigenvalue weighted by atomic mass is 9.95. The highest BCUT2D eigenvalue weighted by molar-refractivity contribution is 6.09. The molecule has 1 unspecified atom stereocenters. The zero-order valence-corrected chi connectivity index (χ0v) is 14.1. The molecule has 0 fully saturated rings. The molecule has 0 aromatic heterocycles. The van der Waals surface area contributed by atoms with E-state index in [1.165, 1.54) is 0 Å². The zero-order valence-electron chi connectivity index (χ0n) is 14.1. The lowest BCUT2D eigenvalue weighted by Crippen LogP contribution is -2.39. The molecule has 0 spiro atoms. The Hall–Kier alpha value is -3.35. The molecule has 4 rings (SSSR count). The predicted molar refractivity (Wildman–Crippen MR) is 101 cm³/mol. The number of nitrogens with zero attached hydrogens (tertiary/aromatic N) is 1. The van der Waals surface area contributed by atoms with Gasteiger partial charge in [0, 0.05) is 11.1 Å². The van der Waals surface area contributed by atoms with Gasteiger partial charge in [0.15, 0.2) is 0 Å². The van der Waals surface area contributed by atoms with Crippen LogP contribution in [-0.4, -0.2) is 11.0 Å². The van der Waals surface area contributed by atoms with E-state index in [0.29, 0.717) is 17.8 Å². The van der Waals surface area contributed by atoms with Crippen molar-refractivity contribution in [1.82, 2.24) is 0 Å². The summed E-state index contributed by atoms with van der Waals surface area (Å²) in [5.41, 5.74) is 1.15. The molecule has 3 aromatic rings. The van der Waals surface area contributed by atoms with Gasteiger partial charge in [-0.25, -0.2) is 0 Å². The van der Waals surface area contributed by atoms with E-state index in [-0.39, 0.29) is 0 Å². The zero-order chi connectivity index (χ0) is 18.0. The number of fused-ring (bicyclic) bond motifs is 1. The van der Waals surface area contributed by atoms with E-state index in [1.54, 1.807) is 11.0 Å². The third-order valence-corrected chi connectivity index (χ3v) is 4.48. The van der Waals surface area contributed by atoms with Gasteiger partial charge in [-0.05, 0) is 29.7 Å². The molecule has 0 bridgehead atoms. The Morgan fingerprint density at radius 1 is 0.846 bits per heavy atom. The summed E-state index contributed by atoms with van der Waals surface area (Å²) in [7, 11) is 0. The molecular weight excluding hydrogens is 322 g/mol. The van der Waals surface area contributed by atoms with Crippen LogP contribution in [0.5, 0.6) is 0 Å². The minimum absolute atomic E-state index is 0.395. The Labute approximate surface area is 152 Å². The van der Waals surface area contributed by atoms with Crippen LogP contribution in [0.15, 0.2) is 84.9 Å². The van der Waals surface area contributed by atoms with Crippen molar-refractivity contribution < 1.29 is 9.90 Å². The highest BCUT2D eigenvalue weighted by atomic mass is 16.3. The summed E-state index contributed by atoms with van der Waals surface area (Å²) in [5.74, 6) is 5.33. The van der Waals surface area contributed by atoms with Crippen molar-refractivity contribution >= 4 is 11.6 Å². The van der Waals surface area contributed by atoms with Gasteiger partial charge in [0.25, 0.3) is 5.91 Å². The Kier molecular flexibility index (Phi) is 4.04. The smallest absolute Gasteiger partial charge is 0.276 e. The molecule has 26 heavy (non-hydrogen) atoms. The fourth-order valence-electron chi connectivity index (χ4n) is 3.16. The van der Waals surface area contributed by atoms with Crippen molar-refractivity contribution in [2.75, 3.05) is 4.90 Å². The van der Waals surface area contributed by atoms with Crippen molar-refractivity contribution in [2.45, 2.75) is 12.1 Å². The maximum absolute atomic E-state index is 13.1. The van der Waals surface area contributed by atoms with Gasteiger partial charge in [-0.3, -0.25) is 4.79 Å². The number of rotatable bonds is 2. The number of carbonyl (C=O) groups is 1. The summed E-state index contributed by atoms with van der Waals surface area (Å²) in [6.45, 7) is 0.395. The van der Waals surface area contributed by atoms with E-state index >= 15 is 0 Å². The highest BCUT2D eigenvalue weighted by Crippen LogP contribution is 2.40. The number of para-hydroxylation sites is 1. The predicted octanol–water partition coefficient (Wildman–Crippen LogP) is 3.47. The summed E-state index contributed by atoms with van der Waals surface area (Å²) in [6.07, 6.45) is 0. The average Bonchev–Trinajstić information content (AvgIpc) is 2.91. The van der Waals surface area contributed by atoms with Crippen LogP contribution in [0.25, 0.3) is 0 Å². The number of anilines is 1. The summed E-state index contributed by atoms with van der Waals surface area (Å²) in [5, 5.41) is 11.2. The lowest BCUT2D eigenvalue weighted by Gasteiger charge is -2.19. The molecule has 1 atom stereocenters. The quantitative estimate of drug-likeness (QED) is 0.726. The second-order valence-corrected chi connectivity index (χ2v) is 6.22. The van der Waals surface area contributed by atoms with Crippen LogP contribution < -0.4 is 4.90 Å². The van der Waals surface area contributed by atoms with Gasteiger partial charge in [0.05, 0.1) is 12.2 Å². The van der Waals surface area contributed by atoms with Gasteiger partial charge in [-0.2, -0.15) is 0 Å². The Balaban J connectivity index is 1.75. The Morgan fingerprint density at radius 3 is 2.19 bits per heavy atom. The number of benzene rings is 3. The molecule has 126 valence electrons. The molecule has 0 saturated carbocycles. The Bertz CT molecular complexity index is 1000. The third kappa shape index (κ3) is 2.77. The van der Waals surface area contributed by atoms with Crippen molar-refractivity contribution in [1.29, 1.82) is 0 Å². The van der Waals surface area contributed by atoms with E-state index in [1.807, 2.05) is 78.9 Å². The van der Waals surface area contributed by atoms with Crippen LogP contribution in [0.4, 0.5) is 5.69 Å². The maximum atomic E-state index is 13.1. The molecule has 1 amide bonds. The first-order chi connectivity index (χ1) is 12.7. The topological polar surface area (TPSA) is 40.5 Å². The first kappa shape index (κ1) is 16.1. The van der Waals surface area contributed by atoms with Crippen LogP contribution in [0.3, 0.4) is 0 Å². The van der Waals surface area contributed by atoms with Gasteiger partial charge >= 0.3 is 0 Å². The van der Waals surface area contributed by atoms with Crippen molar-refractivity contribution in [3.05, 3.63) is 102 Å². The molecule has 3 heteroatoms. The van der Waals surface area contributed by atoms with E-state index < -0.39 is 11.5 Å². The second-order valence-electron chi connectivity index (χ2n) is 6.22. The lowest BCUT2D eigenvalue weighted by molar-refractivity contribution is -0.130. The fourth-order valence-corrected chi connectivity index (χ4v) is 3.16. The van der Waals surface area contributed by atoms with Gasteiger partial charge in [-0.1, -0.05) is 72.7 Å². The number of carbonyl (C=O) groups excluding carboxylic acids is 1. The number of hydrogen-bond donors (Lipinski definition) is 1. The van der Waals surface area contributed by atoms with E-state index in [4.69, 9.17) is 0 Å². The minimum Gasteiger partial charge on any atom is -0.366 e. The normalized spacial score (nSPS) is 18.2. The van der Waals surface area contributed by atoms with E-state index in [0.717, 1.165) is 11.1 Å². The number of amides is 1. The standard InChI is InChI=1S/C23H17NO2/c25-22-23(26,16-15-18-9-3-1-4-10-18)20-13-7-8-14-21(20)24(22)17-19-11-5-2-6-12-19/h1-14,26H,17H2. The summed E-state index contributed by atoms with van der Waals surface area (Å²) < 4.78 is 0. The van der Waals surface area contributed by atoms with Gasteiger partial charge < -0.3 is 10.0 Å². The molecule has 3 nitrogen and oxygen atoms in total. The average molecular weight is 339 g/mol. The van der Waals surface area contributed by atoms with Gasteiger partial charge in [-0.15, -0.1) is 0 Å². The molecule has 3 aromatic carbocycles. The molecule has 1 N–H and O–H groups in total. The molecule has 1 aliphatic rings. The van der Waals surface area contributed by atoms with Crippen LogP contribution in [0, 0.1) is 11.8 Å². The van der Waals surface area contributed by atoms with Crippen LogP contribution in [-0.2, 0) is 16.9 Å². The first-order valence-corrected chi connectivity index (χ1v) is 8.44. The minimum atomic E-state index is -1.83. The van der Waals surface area contributed by atoms with E-state index in [2.05, 4.69) is 11.8 Å². The SMILES string of the molecule is O=C1N(Cc2ccccc2)c2ccccc2C1(O)C#Cc1ccccc1. The molecular formula is C23H17NO2. The first-order valence-electron chi connectivity index (χ1n) is 8.44. The molecule has 1 aliphatic heterocycles. The molecule has 0 saturated heterocycles. The molecule has 1 heterocycles. The molecule has 0 aliphatic carbocycles. The fraction of sp³-hybridized carbons (Fsp3) is 0.0870. The van der Waals surface area contributed by atoms with Crippen molar-refractivity contribution in [2.24, 2.45) is 0 Å². The summed E-state index contributed by atoms with van der Waals surface area (Å²) in [4.78, 5) is 14.7. The van der Waals surface area contributed by atoms with Crippen LogP contribution in [0.1, 0.15) is 16.7 Å². The largest absolute Gasteiger partial charge is 0.366 e.